The summed E-state index contributed by atoms with van der Waals surface area (Å²) in [5, 5.41) is 7.94. The van der Waals surface area contributed by atoms with Gasteiger partial charge in [0.15, 0.2) is 0 Å². The molecule has 1 heterocycles. The van der Waals surface area contributed by atoms with Gasteiger partial charge in [-0.1, -0.05) is 31.2 Å². The van der Waals surface area contributed by atoms with Gasteiger partial charge in [0.1, 0.15) is 17.6 Å². The Labute approximate surface area is 99.6 Å². The van der Waals surface area contributed by atoms with Gasteiger partial charge in [-0.05, 0) is 6.92 Å². The van der Waals surface area contributed by atoms with Crippen LogP contribution < -0.4 is 0 Å². The van der Waals surface area contributed by atoms with Crippen LogP contribution in [0, 0.1) is 11.3 Å². The highest BCUT2D eigenvalue weighted by molar-refractivity contribution is 6.53. The van der Waals surface area contributed by atoms with Crippen LogP contribution in [0.5, 0.6) is 0 Å². The van der Waals surface area contributed by atoms with Crippen LogP contribution in [-0.2, 0) is 9.53 Å². The molecule has 3 heteroatoms. The van der Waals surface area contributed by atoms with E-state index in [0.717, 1.165) is 5.56 Å². The van der Waals surface area contributed by atoms with Crippen LogP contribution in [-0.4, -0.2) is 17.6 Å². The van der Waals surface area contributed by atoms with Crippen LogP contribution in [0.4, 0.5) is 0 Å². The minimum absolute atomic E-state index is 0.00269. The number of carbonyl (C=O) groups is 1. The Balaban J connectivity index is 2.28. The molecule has 0 aromatic heterocycles. The molecule has 0 amide bonds. The zero-order valence-electron chi connectivity index (χ0n) is 9.78. The Morgan fingerprint density at radius 3 is 2.53 bits per heavy atom. The summed E-state index contributed by atoms with van der Waals surface area (Å²) >= 11 is 0. The summed E-state index contributed by atoms with van der Waals surface area (Å²) in [6.07, 6.45) is 0.00269. The van der Waals surface area contributed by atoms with E-state index in [1.54, 1.807) is 6.07 Å². The Morgan fingerprint density at radius 1 is 1.18 bits per heavy atom. The minimum Gasteiger partial charge on any atom is -0.489 e. The van der Waals surface area contributed by atoms with Gasteiger partial charge in [0.2, 0.25) is 5.78 Å². The quantitative estimate of drug-likeness (QED) is 0.739. The van der Waals surface area contributed by atoms with Gasteiger partial charge in [0.05, 0.1) is 5.57 Å². The monoisotopic (exact) mass is 227 g/mol. The van der Waals surface area contributed by atoms with Crippen molar-refractivity contribution in [3.63, 3.8) is 0 Å². The lowest BCUT2D eigenvalue weighted by atomic mass is 9.83. The molecule has 1 aliphatic heterocycles. The van der Waals surface area contributed by atoms with Crippen LogP contribution in [0.15, 0.2) is 29.8 Å². The number of hydrogen-bond donors (Lipinski definition) is 1. The lowest BCUT2D eigenvalue weighted by Crippen LogP contribution is -2.25. The number of fused-ring (bicyclic) bond motifs is 2. The van der Waals surface area contributed by atoms with E-state index in [9.17, 15) is 4.79 Å². The zero-order chi connectivity index (χ0) is 12.2. The predicted octanol–water partition coefficient (Wildman–Crippen LogP) is 2.40. The number of ether oxygens (including phenoxy) is 1. The topological polar surface area (TPSA) is 50.2 Å². The van der Waals surface area contributed by atoms with Crippen molar-refractivity contribution in [2.75, 3.05) is 0 Å². The molecule has 0 spiro atoms. The normalized spacial score (nSPS) is 26.7. The van der Waals surface area contributed by atoms with Crippen molar-refractivity contribution in [1.82, 2.24) is 0 Å². The molecule has 1 aromatic rings. The molecule has 1 aliphatic carbocycles. The highest BCUT2D eigenvalue weighted by Gasteiger charge is 2.41. The fourth-order valence-electron chi connectivity index (χ4n) is 2.47. The molecule has 0 saturated heterocycles. The molecule has 3 rings (SSSR count). The van der Waals surface area contributed by atoms with Gasteiger partial charge in [0.25, 0.3) is 0 Å². The van der Waals surface area contributed by atoms with E-state index in [0.29, 0.717) is 16.9 Å². The van der Waals surface area contributed by atoms with E-state index >= 15 is 0 Å². The first-order valence-electron chi connectivity index (χ1n) is 5.75. The number of rotatable bonds is 0. The first-order valence-corrected chi connectivity index (χ1v) is 5.75. The van der Waals surface area contributed by atoms with Gasteiger partial charge in [-0.3, -0.25) is 10.2 Å². The molecule has 86 valence electrons. The van der Waals surface area contributed by atoms with Gasteiger partial charge < -0.3 is 4.74 Å². The van der Waals surface area contributed by atoms with Gasteiger partial charge in [-0.15, -0.1) is 0 Å². The number of benzene rings is 1. The van der Waals surface area contributed by atoms with E-state index in [-0.39, 0.29) is 23.5 Å². The van der Waals surface area contributed by atoms with Crippen molar-refractivity contribution in [1.29, 1.82) is 5.41 Å². The van der Waals surface area contributed by atoms with Crippen LogP contribution >= 0.6 is 0 Å². The third kappa shape index (κ3) is 1.22. The van der Waals surface area contributed by atoms with Gasteiger partial charge >= 0.3 is 0 Å². The molecule has 2 atom stereocenters. The molecule has 0 fully saturated rings. The van der Waals surface area contributed by atoms with Crippen molar-refractivity contribution in [2.24, 2.45) is 5.92 Å². The fraction of sp³-hybridized carbons (Fsp3) is 0.286. The number of nitrogens with one attached hydrogen (secondary N) is 1. The summed E-state index contributed by atoms with van der Waals surface area (Å²) in [7, 11) is 0. The van der Waals surface area contributed by atoms with Crippen LogP contribution in [0.25, 0.3) is 5.76 Å². The summed E-state index contributed by atoms with van der Waals surface area (Å²) < 4.78 is 5.78. The van der Waals surface area contributed by atoms with Crippen LogP contribution in [0.2, 0.25) is 0 Å². The van der Waals surface area contributed by atoms with E-state index < -0.39 is 0 Å². The number of carbonyl (C=O) groups excluding carboxylic acids is 1. The maximum Gasteiger partial charge on any atom is 0.211 e. The molecule has 0 radical (unpaired) electrons. The largest absolute Gasteiger partial charge is 0.489 e. The second-order valence-electron chi connectivity index (χ2n) is 4.60. The third-order valence-electron chi connectivity index (χ3n) is 3.62. The summed E-state index contributed by atoms with van der Waals surface area (Å²) in [6.45, 7) is 3.94. The highest BCUT2D eigenvalue weighted by atomic mass is 16.5. The summed E-state index contributed by atoms with van der Waals surface area (Å²) in [5.41, 5.74) is 2.31. The van der Waals surface area contributed by atoms with Crippen molar-refractivity contribution >= 4 is 17.3 Å². The molecule has 1 N–H and O–H groups in total. The molecule has 0 bridgehead atoms. The lowest BCUT2D eigenvalue weighted by molar-refractivity contribution is -0.110. The third-order valence-corrected chi connectivity index (χ3v) is 3.62. The van der Waals surface area contributed by atoms with Crippen molar-refractivity contribution in [3.05, 3.63) is 41.0 Å². The Kier molecular flexibility index (Phi) is 1.99. The average Bonchev–Trinajstić information content (AvgIpc) is 2.63. The van der Waals surface area contributed by atoms with E-state index in [4.69, 9.17) is 10.1 Å². The Bertz CT molecular complexity index is 571. The van der Waals surface area contributed by atoms with Gasteiger partial charge in [0, 0.05) is 17.0 Å². The minimum atomic E-state index is -0.185. The number of ketones is 1. The lowest BCUT2D eigenvalue weighted by Gasteiger charge is -2.17. The second-order valence-corrected chi connectivity index (χ2v) is 4.60. The molecule has 0 unspecified atom stereocenters. The second kappa shape index (κ2) is 3.29. The van der Waals surface area contributed by atoms with Crippen LogP contribution in [0.3, 0.4) is 0 Å². The molecule has 3 nitrogen and oxygen atoms in total. The van der Waals surface area contributed by atoms with Crippen molar-refractivity contribution < 1.29 is 9.53 Å². The Morgan fingerprint density at radius 2 is 1.82 bits per heavy atom. The molecular weight excluding hydrogens is 214 g/mol. The zero-order valence-corrected chi connectivity index (χ0v) is 9.78. The summed E-state index contributed by atoms with van der Waals surface area (Å²) in [5.74, 6) is 0.559. The first kappa shape index (κ1) is 10.3. The van der Waals surface area contributed by atoms with E-state index in [1.165, 1.54) is 0 Å². The average molecular weight is 227 g/mol. The summed E-state index contributed by atoms with van der Waals surface area (Å²) in [4.78, 5) is 12.2. The van der Waals surface area contributed by atoms with Crippen molar-refractivity contribution in [2.45, 2.75) is 20.0 Å². The first-order chi connectivity index (χ1) is 8.11. The highest BCUT2D eigenvalue weighted by Crippen LogP contribution is 2.41. The van der Waals surface area contributed by atoms with Gasteiger partial charge in [-0.25, -0.2) is 0 Å². The standard InChI is InChI=1S/C14H13NO2/c1-7-8(2)17-14-10-6-4-3-5-9(10)12(15)13(16)11(7)14/h3-8,15H,1-2H3/t7-,8-/m1/s1. The van der Waals surface area contributed by atoms with Crippen LogP contribution in [0.1, 0.15) is 25.0 Å². The fourth-order valence-corrected chi connectivity index (χ4v) is 2.47. The van der Waals surface area contributed by atoms with Gasteiger partial charge in [-0.2, -0.15) is 0 Å². The molecular formula is C14H13NO2. The van der Waals surface area contributed by atoms with E-state index in [1.807, 2.05) is 32.0 Å². The van der Waals surface area contributed by atoms with E-state index in [2.05, 4.69) is 0 Å². The van der Waals surface area contributed by atoms with Crippen molar-refractivity contribution in [3.8, 4) is 0 Å². The summed E-state index contributed by atoms with van der Waals surface area (Å²) in [6, 6.07) is 7.46. The number of Topliss-reactive ketones (excluding diaryl/α,β-unsaturated/α-hetero) is 1. The molecule has 0 saturated carbocycles. The maximum absolute atomic E-state index is 12.2. The Hall–Kier alpha value is -1.90. The maximum atomic E-state index is 12.2. The smallest absolute Gasteiger partial charge is 0.211 e. The molecule has 17 heavy (non-hydrogen) atoms. The number of hydrogen-bond acceptors (Lipinski definition) is 3. The molecule has 2 aliphatic rings. The SMILES string of the molecule is C[C@H]1OC2=C(C(=O)C(=N)c3ccccc32)[C@@H]1C. The predicted molar refractivity (Wildman–Crippen MR) is 64.9 cm³/mol. The molecule has 1 aromatic carbocycles.